The van der Waals surface area contributed by atoms with Gasteiger partial charge in [0.2, 0.25) is 5.82 Å². The van der Waals surface area contributed by atoms with Crippen LogP contribution in [0.1, 0.15) is 75.0 Å². The van der Waals surface area contributed by atoms with Crippen LogP contribution in [0.15, 0.2) is 72.8 Å². The molecular weight excluding hydrogens is 450 g/mol. The number of benzene rings is 3. The molecule has 3 aromatic carbocycles. The van der Waals surface area contributed by atoms with Crippen LogP contribution in [0, 0.1) is 17.6 Å². The van der Waals surface area contributed by atoms with Crippen molar-refractivity contribution >= 4 is 0 Å². The Kier molecular flexibility index (Phi) is 9.33. The van der Waals surface area contributed by atoms with E-state index in [1.54, 1.807) is 13.0 Å². The van der Waals surface area contributed by atoms with Gasteiger partial charge >= 0.3 is 0 Å². The van der Waals surface area contributed by atoms with E-state index in [9.17, 15) is 8.78 Å². The molecule has 3 heteroatoms. The molecule has 0 spiro atoms. The van der Waals surface area contributed by atoms with Gasteiger partial charge in [0.1, 0.15) is 0 Å². The summed E-state index contributed by atoms with van der Waals surface area (Å²) in [5.41, 5.74) is 5.09. The summed E-state index contributed by atoms with van der Waals surface area (Å²) < 4.78 is 33.9. The first kappa shape index (κ1) is 26.1. The minimum absolute atomic E-state index is 0.0447. The second-order valence-electron chi connectivity index (χ2n) is 9.94. The average Bonchev–Trinajstić information content (AvgIpc) is 2.91. The van der Waals surface area contributed by atoms with E-state index < -0.39 is 11.6 Å². The van der Waals surface area contributed by atoms with E-state index in [4.69, 9.17) is 4.74 Å². The van der Waals surface area contributed by atoms with Crippen molar-refractivity contribution < 1.29 is 13.5 Å². The van der Waals surface area contributed by atoms with Crippen LogP contribution in [-0.4, -0.2) is 6.61 Å². The van der Waals surface area contributed by atoms with Crippen molar-refractivity contribution in [3.05, 3.63) is 101 Å². The highest BCUT2D eigenvalue weighted by atomic mass is 19.2. The zero-order valence-electron chi connectivity index (χ0n) is 21.6. The predicted molar refractivity (Wildman–Crippen MR) is 146 cm³/mol. The van der Waals surface area contributed by atoms with Crippen LogP contribution < -0.4 is 4.74 Å². The molecule has 0 unspecified atom stereocenters. The fourth-order valence-electron chi connectivity index (χ4n) is 5.30. The molecule has 0 bridgehead atoms. The lowest BCUT2D eigenvalue weighted by Gasteiger charge is -2.27. The first-order valence-corrected chi connectivity index (χ1v) is 13.5. The summed E-state index contributed by atoms with van der Waals surface area (Å²) in [5.74, 6) is -0.447. The molecule has 0 amide bonds. The van der Waals surface area contributed by atoms with Crippen molar-refractivity contribution in [1.82, 2.24) is 0 Å². The van der Waals surface area contributed by atoms with Crippen molar-refractivity contribution in [2.24, 2.45) is 5.92 Å². The first-order valence-electron chi connectivity index (χ1n) is 13.5. The zero-order valence-corrected chi connectivity index (χ0v) is 21.6. The van der Waals surface area contributed by atoms with E-state index in [0.29, 0.717) is 24.0 Å². The maximum absolute atomic E-state index is 14.5. The standard InChI is InChI=1S/C33H38F2O/c1-3-7-24-10-16-27(17-11-24)28-18-12-25(13-19-28)8-5-6-9-26-14-20-29(21-15-26)30-22-23-31(36-4-2)33(35)32(30)34/h5,8,10-11,14-17,20-23,25,28H,3-4,6-7,9,12-13,18-19H2,1-2H3. The first-order chi connectivity index (χ1) is 17.6. The highest BCUT2D eigenvalue weighted by Gasteiger charge is 2.20. The molecule has 1 fully saturated rings. The van der Waals surface area contributed by atoms with Crippen LogP contribution in [0.3, 0.4) is 0 Å². The summed E-state index contributed by atoms with van der Waals surface area (Å²) in [6.45, 7) is 4.28. The van der Waals surface area contributed by atoms with E-state index in [0.717, 1.165) is 12.8 Å². The summed E-state index contributed by atoms with van der Waals surface area (Å²) in [6, 6.07) is 20.1. The summed E-state index contributed by atoms with van der Waals surface area (Å²) in [5, 5.41) is 0. The number of rotatable bonds is 10. The Morgan fingerprint density at radius 3 is 2.11 bits per heavy atom. The van der Waals surface area contributed by atoms with Crippen LogP contribution in [0.2, 0.25) is 0 Å². The Morgan fingerprint density at radius 1 is 0.778 bits per heavy atom. The largest absolute Gasteiger partial charge is 0.491 e. The maximum Gasteiger partial charge on any atom is 0.201 e. The molecule has 0 atom stereocenters. The smallest absolute Gasteiger partial charge is 0.201 e. The van der Waals surface area contributed by atoms with Gasteiger partial charge in [-0.25, -0.2) is 4.39 Å². The van der Waals surface area contributed by atoms with Crippen molar-refractivity contribution in [3.63, 3.8) is 0 Å². The molecule has 0 heterocycles. The molecular formula is C33H38F2O. The average molecular weight is 489 g/mol. The molecule has 3 aromatic rings. The van der Waals surface area contributed by atoms with E-state index in [1.165, 1.54) is 61.3 Å². The third-order valence-electron chi connectivity index (χ3n) is 7.38. The topological polar surface area (TPSA) is 9.23 Å². The molecule has 0 radical (unpaired) electrons. The molecule has 0 aromatic heterocycles. The molecule has 1 nitrogen and oxygen atoms in total. The Labute approximate surface area is 215 Å². The minimum Gasteiger partial charge on any atom is -0.491 e. The molecule has 0 saturated heterocycles. The number of hydrogen-bond donors (Lipinski definition) is 0. The lowest BCUT2D eigenvalue weighted by Crippen LogP contribution is -2.11. The third kappa shape index (κ3) is 6.63. The van der Waals surface area contributed by atoms with Gasteiger partial charge in [-0.15, -0.1) is 0 Å². The Hall–Kier alpha value is -2.94. The molecule has 1 aliphatic carbocycles. The normalized spacial score (nSPS) is 18.0. The zero-order chi connectivity index (χ0) is 25.3. The molecule has 1 saturated carbocycles. The van der Waals surface area contributed by atoms with Gasteiger partial charge in [-0.2, -0.15) is 4.39 Å². The Morgan fingerprint density at radius 2 is 1.44 bits per heavy atom. The molecule has 0 aliphatic heterocycles. The third-order valence-corrected chi connectivity index (χ3v) is 7.38. The Bertz CT molecular complexity index is 1120. The van der Waals surface area contributed by atoms with Crippen LogP contribution in [0.25, 0.3) is 11.1 Å². The van der Waals surface area contributed by atoms with Gasteiger partial charge in [0, 0.05) is 5.56 Å². The quantitative estimate of drug-likeness (QED) is 0.258. The fraction of sp³-hybridized carbons (Fsp3) is 0.394. The van der Waals surface area contributed by atoms with Gasteiger partial charge in [-0.05, 0) is 98.1 Å². The van der Waals surface area contributed by atoms with E-state index >= 15 is 0 Å². The van der Waals surface area contributed by atoms with Crippen LogP contribution >= 0.6 is 0 Å². The van der Waals surface area contributed by atoms with E-state index in [2.05, 4.69) is 43.3 Å². The van der Waals surface area contributed by atoms with E-state index in [-0.39, 0.29) is 11.3 Å². The van der Waals surface area contributed by atoms with Gasteiger partial charge in [-0.1, -0.05) is 74.0 Å². The number of ether oxygens (including phenoxy) is 1. The molecule has 1 aliphatic rings. The molecule has 36 heavy (non-hydrogen) atoms. The Balaban J connectivity index is 1.24. The van der Waals surface area contributed by atoms with E-state index in [1.807, 2.05) is 24.3 Å². The molecule has 0 N–H and O–H groups in total. The van der Waals surface area contributed by atoms with Crippen molar-refractivity contribution in [3.8, 4) is 16.9 Å². The maximum atomic E-state index is 14.5. The lowest BCUT2D eigenvalue weighted by molar-refractivity contribution is 0.314. The summed E-state index contributed by atoms with van der Waals surface area (Å²) in [6.07, 6.45) is 14.1. The highest BCUT2D eigenvalue weighted by molar-refractivity contribution is 5.65. The highest BCUT2D eigenvalue weighted by Crippen LogP contribution is 2.36. The van der Waals surface area contributed by atoms with Gasteiger partial charge in [0.15, 0.2) is 11.6 Å². The van der Waals surface area contributed by atoms with Crippen molar-refractivity contribution in [2.75, 3.05) is 6.61 Å². The van der Waals surface area contributed by atoms with Crippen LogP contribution in [-0.2, 0) is 12.8 Å². The SMILES string of the molecule is CCCc1ccc(C2CCC(C=CCCc3ccc(-c4ccc(OCC)c(F)c4F)cc3)CC2)cc1. The molecule has 190 valence electrons. The van der Waals surface area contributed by atoms with Gasteiger partial charge in [0.25, 0.3) is 0 Å². The number of halogens is 2. The second-order valence-corrected chi connectivity index (χ2v) is 9.94. The number of allylic oxidation sites excluding steroid dienone is 2. The summed E-state index contributed by atoms with van der Waals surface area (Å²) in [7, 11) is 0. The minimum atomic E-state index is -0.928. The van der Waals surface area contributed by atoms with Crippen LogP contribution in [0.4, 0.5) is 8.78 Å². The predicted octanol–water partition coefficient (Wildman–Crippen LogP) is 9.45. The summed E-state index contributed by atoms with van der Waals surface area (Å²) >= 11 is 0. The summed E-state index contributed by atoms with van der Waals surface area (Å²) in [4.78, 5) is 0. The number of hydrogen-bond acceptors (Lipinski definition) is 1. The van der Waals surface area contributed by atoms with Crippen molar-refractivity contribution in [2.45, 2.75) is 71.1 Å². The van der Waals surface area contributed by atoms with Gasteiger partial charge < -0.3 is 4.74 Å². The fourth-order valence-corrected chi connectivity index (χ4v) is 5.30. The second kappa shape index (κ2) is 12.9. The lowest BCUT2D eigenvalue weighted by atomic mass is 9.78. The molecule has 4 rings (SSSR count). The van der Waals surface area contributed by atoms with Gasteiger partial charge in [0.05, 0.1) is 6.61 Å². The van der Waals surface area contributed by atoms with Crippen LogP contribution in [0.5, 0.6) is 5.75 Å². The number of aryl methyl sites for hydroxylation is 2. The van der Waals surface area contributed by atoms with Gasteiger partial charge in [-0.3, -0.25) is 0 Å². The van der Waals surface area contributed by atoms with Crippen molar-refractivity contribution in [1.29, 1.82) is 0 Å². The monoisotopic (exact) mass is 488 g/mol.